The van der Waals surface area contributed by atoms with Gasteiger partial charge >= 0.3 is 0 Å². The number of hydrogen-bond acceptors (Lipinski definition) is 2. The topological polar surface area (TPSA) is 43.8 Å². The summed E-state index contributed by atoms with van der Waals surface area (Å²) >= 11 is 0. The van der Waals surface area contributed by atoms with Gasteiger partial charge in [0.1, 0.15) is 5.67 Å². The minimum atomic E-state index is -1.30. The first-order valence-electron chi connectivity index (χ1n) is 7.01. The van der Waals surface area contributed by atoms with Crippen LogP contribution < -0.4 is 5.73 Å². The van der Waals surface area contributed by atoms with Crippen LogP contribution in [0.2, 0.25) is 0 Å². The summed E-state index contributed by atoms with van der Waals surface area (Å²) in [7, 11) is 0. The number of nitrogens with zero attached hydrogens (tertiary/aromatic N) is 2. The van der Waals surface area contributed by atoms with Crippen molar-refractivity contribution in [3.63, 3.8) is 0 Å². The molecule has 0 aliphatic rings. The molecule has 1 rings (SSSR count). The van der Waals surface area contributed by atoms with Gasteiger partial charge in [-0.05, 0) is 25.3 Å². The van der Waals surface area contributed by atoms with E-state index in [1.165, 1.54) is 0 Å². The fourth-order valence-corrected chi connectivity index (χ4v) is 2.37. The SMILES string of the molecule is CCCC(F)(CN)Cc1ccn(C(CC)CC)n1. The Morgan fingerprint density at radius 2 is 2.06 bits per heavy atom. The molecule has 0 saturated carbocycles. The quantitative estimate of drug-likeness (QED) is 0.775. The van der Waals surface area contributed by atoms with Crippen LogP contribution in [0.1, 0.15) is 58.2 Å². The molecule has 1 heterocycles. The number of halogens is 1. The van der Waals surface area contributed by atoms with Crippen LogP contribution in [0.3, 0.4) is 0 Å². The number of rotatable bonds is 8. The molecular weight excluding hydrogens is 229 g/mol. The molecule has 0 aliphatic heterocycles. The highest BCUT2D eigenvalue weighted by molar-refractivity contribution is 5.05. The summed E-state index contributed by atoms with van der Waals surface area (Å²) in [6, 6.07) is 2.33. The highest BCUT2D eigenvalue weighted by atomic mass is 19.1. The van der Waals surface area contributed by atoms with Gasteiger partial charge in [-0.3, -0.25) is 4.68 Å². The lowest BCUT2D eigenvalue weighted by Gasteiger charge is -2.22. The van der Waals surface area contributed by atoms with E-state index in [1.54, 1.807) is 0 Å². The fourth-order valence-electron chi connectivity index (χ4n) is 2.37. The third-order valence-corrected chi connectivity index (χ3v) is 3.54. The van der Waals surface area contributed by atoms with Crippen molar-refractivity contribution in [3.05, 3.63) is 18.0 Å². The van der Waals surface area contributed by atoms with Crippen LogP contribution in [-0.2, 0) is 6.42 Å². The Kier molecular flexibility index (Phi) is 5.79. The first-order valence-corrected chi connectivity index (χ1v) is 7.01. The van der Waals surface area contributed by atoms with Crippen molar-refractivity contribution < 1.29 is 4.39 Å². The van der Waals surface area contributed by atoms with E-state index in [4.69, 9.17) is 5.73 Å². The van der Waals surface area contributed by atoms with Crippen LogP contribution in [0.5, 0.6) is 0 Å². The summed E-state index contributed by atoms with van der Waals surface area (Å²) in [6.45, 7) is 6.34. The monoisotopic (exact) mass is 255 g/mol. The van der Waals surface area contributed by atoms with Crippen molar-refractivity contribution in [2.45, 2.75) is 64.6 Å². The van der Waals surface area contributed by atoms with E-state index in [2.05, 4.69) is 18.9 Å². The number of alkyl halides is 1. The van der Waals surface area contributed by atoms with Crippen molar-refractivity contribution >= 4 is 0 Å². The zero-order chi connectivity index (χ0) is 13.6. The molecule has 18 heavy (non-hydrogen) atoms. The van der Waals surface area contributed by atoms with Gasteiger partial charge in [-0.2, -0.15) is 5.10 Å². The molecule has 0 spiro atoms. The molecule has 104 valence electrons. The van der Waals surface area contributed by atoms with Gasteiger partial charge in [0.25, 0.3) is 0 Å². The van der Waals surface area contributed by atoms with E-state index in [9.17, 15) is 4.39 Å². The first kappa shape index (κ1) is 15.2. The Morgan fingerprint density at radius 3 is 2.56 bits per heavy atom. The highest BCUT2D eigenvalue weighted by Crippen LogP contribution is 2.23. The minimum Gasteiger partial charge on any atom is -0.328 e. The van der Waals surface area contributed by atoms with Gasteiger partial charge in [-0.15, -0.1) is 0 Å². The normalized spacial score (nSPS) is 15.0. The summed E-state index contributed by atoms with van der Waals surface area (Å²) in [5.41, 5.74) is 5.06. The summed E-state index contributed by atoms with van der Waals surface area (Å²) < 4.78 is 16.4. The molecule has 0 bridgehead atoms. The lowest BCUT2D eigenvalue weighted by atomic mass is 9.95. The van der Waals surface area contributed by atoms with Gasteiger partial charge in [-0.25, -0.2) is 4.39 Å². The fraction of sp³-hybridized carbons (Fsp3) is 0.786. The Balaban J connectivity index is 2.73. The largest absolute Gasteiger partial charge is 0.328 e. The van der Waals surface area contributed by atoms with Crippen molar-refractivity contribution in [1.82, 2.24) is 9.78 Å². The summed E-state index contributed by atoms with van der Waals surface area (Å²) in [4.78, 5) is 0. The van der Waals surface area contributed by atoms with Crippen molar-refractivity contribution in [2.75, 3.05) is 6.54 Å². The Morgan fingerprint density at radius 1 is 1.39 bits per heavy atom. The van der Waals surface area contributed by atoms with Crippen LogP contribution in [0.25, 0.3) is 0 Å². The van der Waals surface area contributed by atoms with Crippen LogP contribution in [0, 0.1) is 0 Å². The van der Waals surface area contributed by atoms with Gasteiger partial charge in [0.05, 0.1) is 11.7 Å². The smallest absolute Gasteiger partial charge is 0.128 e. The minimum absolute atomic E-state index is 0.0681. The summed E-state index contributed by atoms with van der Waals surface area (Å²) in [5.74, 6) is 0. The van der Waals surface area contributed by atoms with Crippen LogP contribution in [0.15, 0.2) is 12.3 Å². The summed E-state index contributed by atoms with van der Waals surface area (Å²) in [6.07, 6.45) is 5.68. The van der Waals surface area contributed by atoms with Crippen LogP contribution in [-0.4, -0.2) is 22.0 Å². The van der Waals surface area contributed by atoms with Crippen molar-refractivity contribution in [2.24, 2.45) is 5.73 Å². The molecule has 1 atom stereocenters. The Labute approximate surface area is 110 Å². The molecule has 0 aromatic carbocycles. The molecule has 0 aliphatic carbocycles. The second-order valence-electron chi connectivity index (χ2n) is 5.04. The lowest BCUT2D eigenvalue weighted by Crippen LogP contribution is -2.35. The summed E-state index contributed by atoms with van der Waals surface area (Å²) in [5, 5.41) is 4.49. The Bertz CT molecular complexity index is 347. The maximum Gasteiger partial charge on any atom is 0.128 e. The Hall–Kier alpha value is -0.900. The van der Waals surface area contributed by atoms with Crippen molar-refractivity contribution in [1.29, 1.82) is 0 Å². The van der Waals surface area contributed by atoms with Gasteiger partial charge in [-0.1, -0.05) is 27.2 Å². The van der Waals surface area contributed by atoms with E-state index < -0.39 is 5.67 Å². The second-order valence-corrected chi connectivity index (χ2v) is 5.04. The average Bonchev–Trinajstić information content (AvgIpc) is 2.79. The molecule has 1 unspecified atom stereocenters. The highest BCUT2D eigenvalue weighted by Gasteiger charge is 2.28. The second kappa shape index (κ2) is 6.88. The van der Waals surface area contributed by atoms with Gasteiger partial charge in [0.2, 0.25) is 0 Å². The molecule has 0 saturated heterocycles. The molecular formula is C14H26FN3. The lowest BCUT2D eigenvalue weighted by molar-refractivity contribution is 0.156. The molecule has 0 amide bonds. The third kappa shape index (κ3) is 3.80. The molecule has 1 aromatic rings. The van der Waals surface area contributed by atoms with Crippen molar-refractivity contribution in [3.8, 4) is 0 Å². The third-order valence-electron chi connectivity index (χ3n) is 3.54. The number of aromatic nitrogens is 2. The molecule has 2 N–H and O–H groups in total. The van der Waals surface area contributed by atoms with Gasteiger partial charge < -0.3 is 5.73 Å². The van der Waals surface area contributed by atoms with Gasteiger partial charge in [0.15, 0.2) is 0 Å². The van der Waals surface area contributed by atoms with Crippen LogP contribution in [0.4, 0.5) is 4.39 Å². The molecule has 0 radical (unpaired) electrons. The van der Waals surface area contributed by atoms with E-state index in [0.29, 0.717) is 18.9 Å². The van der Waals surface area contributed by atoms with E-state index in [-0.39, 0.29) is 6.54 Å². The van der Waals surface area contributed by atoms with E-state index >= 15 is 0 Å². The number of nitrogens with two attached hydrogens (primary N) is 1. The van der Waals surface area contributed by atoms with Gasteiger partial charge in [0, 0.05) is 19.2 Å². The number of hydrogen-bond donors (Lipinski definition) is 1. The zero-order valence-electron chi connectivity index (χ0n) is 11.8. The predicted molar refractivity (Wildman–Crippen MR) is 73.4 cm³/mol. The van der Waals surface area contributed by atoms with Crippen LogP contribution >= 0.6 is 0 Å². The van der Waals surface area contributed by atoms with E-state index in [0.717, 1.165) is 25.0 Å². The maximum atomic E-state index is 14.4. The molecule has 3 nitrogen and oxygen atoms in total. The molecule has 1 aromatic heterocycles. The standard InChI is InChI=1S/C14H26FN3/c1-4-8-14(15,11-16)10-12-7-9-18(17-12)13(5-2)6-3/h7,9,13H,4-6,8,10-11,16H2,1-3H3. The van der Waals surface area contributed by atoms with E-state index in [1.807, 2.05) is 23.9 Å². The average molecular weight is 255 g/mol. The predicted octanol–water partition coefficient (Wildman–Crippen LogP) is 3.25. The molecule has 4 heteroatoms. The molecule has 0 fully saturated rings. The zero-order valence-corrected chi connectivity index (χ0v) is 11.8. The first-order chi connectivity index (χ1) is 8.58. The maximum absolute atomic E-state index is 14.4.